The lowest BCUT2D eigenvalue weighted by atomic mass is 9.71. The molecule has 1 aromatic heterocycles. The molecule has 6 nitrogen and oxygen atoms in total. The van der Waals surface area contributed by atoms with Crippen molar-refractivity contribution in [3.8, 4) is 5.75 Å². The minimum absolute atomic E-state index is 0.143. The Balaban J connectivity index is 1.90. The van der Waals surface area contributed by atoms with Crippen LogP contribution in [0.2, 0.25) is 0 Å². The molecule has 0 spiro atoms. The van der Waals surface area contributed by atoms with Gasteiger partial charge in [0.05, 0.1) is 17.7 Å². The molecule has 0 fully saturated rings. The average molecular weight is 434 g/mol. The summed E-state index contributed by atoms with van der Waals surface area (Å²) in [6.07, 6.45) is -5.75. The van der Waals surface area contributed by atoms with Crippen LogP contribution in [0.5, 0.6) is 5.75 Å². The Morgan fingerprint density at radius 2 is 1.94 bits per heavy atom. The average Bonchev–Trinajstić information content (AvgIpc) is 3.09. The lowest BCUT2D eigenvalue weighted by Gasteiger charge is -2.32. The zero-order valence-corrected chi connectivity index (χ0v) is 16.8. The number of ether oxygens (including phenoxy) is 1. The fourth-order valence-corrected chi connectivity index (χ4v) is 4.13. The highest BCUT2D eigenvalue weighted by Crippen LogP contribution is 2.47. The van der Waals surface area contributed by atoms with E-state index in [0.29, 0.717) is 22.6 Å². The third-order valence-electron chi connectivity index (χ3n) is 5.70. The first-order chi connectivity index (χ1) is 14.5. The van der Waals surface area contributed by atoms with Crippen molar-refractivity contribution in [3.05, 3.63) is 58.3 Å². The number of ketones is 1. The van der Waals surface area contributed by atoms with Crippen LogP contribution in [0.4, 0.5) is 18.9 Å². The Bertz CT molecular complexity index is 1200. The third kappa shape index (κ3) is 3.24. The Morgan fingerprint density at radius 1 is 1.23 bits per heavy atom. The van der Waals surface area contributed by atoms with Gasteiger partial charge >= 0.3 is 6.18 Å². The third-order valence-corrected chi connectivity index (χ3v) is 5.70. The molecule has 4 rings (SSSR count). The van der Waals surface area contributed by atoms with Crippen molar-refractivity contribution in [3.63, 3.8) is 0 Å². The van der Waals surface area contributed by atoms with E-state index in [-0.39, 0.29) is 23.1 Å². The van der Waals surface area contributed by atoms with Crippen molar-refractivity contribution in [1.29, 1.82) is 0 Å². The lowest BCUT2D eigenvalue weighted by molar-refractivity contribution is -0.135. The molecule has 3 aromatic rings. The van der Waals surface area contributed by atoms with E-state index in [9.17, 15) is 23.1 Å². The highest BCUT2D eigenvalue weighted by atomic mass is 19.4. The molecule has 1 aliphatic rings. The van der Waals surface area contributed by atoms with E-state index >= 15 is 0 Å². The number of hydrogen-bond donors (Lipinski definition) is 4. The van der Waals surface area contributed by atoms with Crippen molar-refractivity contribution in [2.75, 3.05) is 18.9 Å². The molecule has 1 atom stereocenters. The van der Waals surface area contributed by atoms with Gasteiger partial charge in [0, 0.05) is 27.7 Å². The number of nitrogen functional groups attached to an aromatic ring is 1. The van der Waals surface area contributed by atoms with Gasteiger partial charge in [-0.3, -0.25) is 4.79 Å². The van der Waals surface area contributed by atoms with Crippen LogP contribution in [-0.4, -0.2) is 40.3 Å². The van der Waals surface area contributed by atoms with Gasteiger partial charge in [0.1, 0.15) is 24.0 Å². The van der Waals surface area contributed by atoms with Crippen LogP contribution >= 0.6 is 0 Å². The van der Waals surface area contributed by atoms with E-state index in [0.717, 1.165) is 0 Å². The first kappa shape index (κ1) is 21.2. The van der Waals surface area contributed by atoms with E-state index in [1.165, 1.54) is 12.1 Å². The number of aliphatic hydroxyl groups excluding tert-OH is 2. The number of rotatable bonds is 4. The molecule has 0 aliphatic heterocycles. The number of halogens is 3. The SMILES string of the molecule is CC1(C)c2cc(OC[C@H](O)CO)ccc2C(=O)c2c1[nH]c1c(C(F)(F)F)c(N)ccc21. The number of fused-ring (bicyclic) bond motifs is 4. The number of hydrogen-bond acceptors (Lipinski definition) is 5. The van der Waals surface area contributed by atoms with Crippen molar-refractivity contribution < 1.29 is 32.9 Å². The van der Waals surface area contributed by atoms with Crippen LogP contribution in [-0.2, 0) is 11.6 Å². The lowest BCUT2D eigenvalue weighted by Crippen LogP contribution is -2.30. The predicted molar refractivity (Wildman–Crippen MR) is 108 cm³/mol. The summed E-state index contributed by atoms with van der Waals surface area (Å²) in [4.78, 5) is 16.1. The van der Waals surface area contributed by atoms with Crippen LogP contribution in [0.3, 0.4) is 0 Å². The van der Waals surface area contributed by atoms with E-state index in [4.69, 9.17) is 15.6 Å². The van der Waals surface area contributed by atoms with E-state index in [1.54, 1.807) is 32.0 Å². The predicted octanol–water partition coefficient (Wildman–Crippen LogP) is 3.37. The normalized spacial score (nSPS) is 16.2. The monoisotopic (exact) mass is 434 g/mol. The fraction of sp³-hybridized carbons (Fsp3) is 0.318. The summed E-state index contributed by atoms with van der Waals surface area (Å²) >= 11 is 0. The van der Waals surface area contributed by atoms with Gasteiger partial charge < -0.3 is 25.7 Å². The number of nitrogens with one attached hydrogen (secondary N) is 1. The van der Waals surface area contributed by atoms with Gasteiger partial charge in [0.25, 0.3) is 0 Å². The first-order valence-corrected chi connectivity index (χ1v) is 9.59. The van der Waals surface area contributed by atoms with Crippen LogP contribution in [0.15, 0.2) is 30.3 Å². The Kier molecular flexibility index (Phi) is 4.79. The van der Waals surface area contributed by atoms with E-state index < -0.39 is 41.3 Å². The second-order valence-corrected chi connectivity index (χ2v) is 8.13. The summed E-state index contributed by atoms with van der Waals surface area (Å²) in [5.74, 6) is -0.0256. The topological polar surface area (TPSA) is 109 Å². The van der Waals surface area contributed by atoms with Crippen molar-refractivity contribution >= 4 is 22.4 Å². The summed E-state index contributed by atoms with van der Waals surface area (Å²) in [7, 11) is 0. The van der Waals surface area contributed by atoms with Gasteiger partial charge in [0.15, 0.2) is 5.78 Å². The summed E-state index contributed by atoms with van der Waals surface area (Å²) in [6, 6.07) is 7.34. The van der Waals surface area contributed by atoms with Gasteiger partial charge in [-0.15, -0.1) is 0 Å². The maximum absolute atomic E-state index is 13.7. The molecule has 5 N–H and O–H groups in total. The molecule has 0 amide bonds. The first-order valence-electron chi connectivity index (χ1n) is 9.59. The summed E-state index contributed by atoms with van der Waals surface area (Å²) in [5, 5.41) is 18.6. The summed E-state index contributed by atoms with van der Waals surface area (Å²) in [5.41, 5.74) is 4.66. The van der Waals surface area contributed by atoms with E-state index in [2.05, 4.69) is 4.98 Å². The molecule has 164 valence electrons. The zero-order chi connectivity index (χ0) is 22.7. The molecule has 31 heavy (non-hydrogen) atoms. The largest absolute Gasteiger partial charge is 0.491 e. The van der Waals surface area contributed by atoms with Gasteiger partial charge in [-0.1, -0.05) is 19.9 Å². The standard InChI is InChI=1S/C22H21F3N2O4/c1-21(2)14-7-11(31-9-10(29)8-28)3-4-12(14)19(30)16-13-5-6-15(26)17(22(23,24)25)18(13)27-20(16)21/h3-7,10,27-29H,8-9,26H2,1-2H3/t10-/m1/s1. The molecule has 0 radical (unpaired) electrons. The molecule has 0 unspecified atom stereocenters. The van der Waals surface area contributed by atoms with Gasteiger partial charge in [0.2, 0.25) is 0 Å². The molecule has 1 aliphatic carbocycles. The highest BCUT2D eigenvalue weighted by molar-refractivity contribution is 6.20. The van der Waals surface area contributed by atoms with Gasteiger partial charge in [-0.25, -0.2) is 0 Å². The maximum atomic E-state index is 13.7. The second-order valence-electron chi connectivity index (χ2n) is 8.13. The number of aromatic amines is 1. The highest BCUT2D eigenvalue weighted by Gasteiger charge is 2.43. The molecule has 9 heteroatoms. The van der Waals surface area contributed by atoms with Crippen molar-refractivity contribution in [2.24, 2.45) is 0 Å². The fourth-order valence-electron chi connectivity index (χ4n) is 4.13. The molecular formula is C22H21F3N2O4. The van der Waals surface area contributed by atoms with Crippen LogP contribution in [0.25, 0.3) is 10.9 Å². The Hall–Kier alpha value is -3.04. The molecular weight excluding hydrogens is 413 g/mol. The Labute approximate surface area is 175 Å². The molecule has 0 saturated carbocycles. The van der Waals surface area contributed by atoms with E-state index in [1.807, 2.05) is 0 Å². The molecule has 0 bridgehead atoms. The number of benzene rings is 2. The zero-order valence-electron chi connectivity index (χ0n) is 16.8. The second kappa shape index (κ2) is 7.00. The molecule has 2 aromatic carbocycles. The summed E-state index contributed by atoms with van der Waals surface area (Å²) < 4.78 is 46.5. The number of alkyl halides is 3. The minimum Gasteiger partial charge on any atom is -0.491 e. The van der Waals surface area contributed by atoms with Crippen LogP contribution in [0.1, 0.15) is 46.6 Å². The minimum atomic E-state index is -4.69. The maximum Gasteiger partial charge on any atom is 0.420 e. The number of carbonyl (C=O) groups excluding carboxylic acids is 1. The summed E-state index contributed by atoms with van der Waals surface area (Å²) in [6.45, 7) is 3.00. The van der Waals surface area contributed by atoms with Crippen molar-refractivity contribution in [1.82, 2.24) is 4.98 Å². The number of aliphatic hydroxyl groups is 2. The Morgan fingerprint density at radius 3 is 2.58 bits per heavy atom. The number of H-pyrrole nitrogens is 1. The van der Waals surface area contributed by atoms with Gasteiger partial charge in [-0.2, -0.15) is 13.2 Å². The van der Waals surface area contributed by atoms with Crippen LogP contribution in [0, 0.1) is 0 Å². The number of nitrogens with two attached hydrogens (primary N) is 1. The van der Waals surface area contributed by atoms with Gasteiger partial charge in [-0.05, 0) is 29.8 Å². The number of anilines is 1. The molecule has 0 saturated heterocycles. The number of carbonyl (C=O) groups is 1. The quantitative estimate of drug-likeness (QED) is 0.471. The van der Waals surface area contributed by atoms with Crippen LogP contribution < -0.4 is 10.5 Å². The smallest absolute Gasteiger partial charge is 0.420 e. The van der Waals surface area contributed by atoms with Crippen molar-refractivity contribution in [2.45, 2.75) is 31.5 Å². The number of aromatic nitrogens is 1. The molecule has 1 heterocycles.